The SMILES string of the molecule is Cc1cc(OCc2c(Cl)cccc2Cl)ccc1C1CN(CCC(=O)OC(=O)C(F)(F)F)CCO1. The fraction of sp³-hybridized carbons (Fsp3) is 0.391. The van der Waals surface area contributed by atoms with E-state index in [-0.39, 0.29) is 25.7 Å². The van der Waals surface area contributed by atoms with Crippen molar-refractivity contribution in [3.8, 4) is 5.75 Å². The number of carbonyl (C=O) groups excluding carboxylic acids is 2. The molecule has 3 rings (SSSR count). The van der Waals surface area contributed by atoms with E-state index in [0.29, 0.717) is 41.1 Å². The number of alkyl halides is 3. The summed E-state index contributed by atoms with van der Waals surface area (Å²) >= 11 is 12.4. The zero-order valence-electron chi connectivity index (χ0n) is 18.2. The maximum Gasteiger partial charge on any atom is 0.491 e. The standard InChI is InChI=1S/C23H22Cl2F3NO5/c1-14-11-15(33-13-17-18(24)3-2-4-19(17)25)5-6-16(14)20-12-29(9-10-32-20)8-7-21(30)34-22(31)23(26,27)28/h2-6,11,20H,7-10,12-13H2,1H3. The molecule has 0 aliphatic carbocycles. The normalized spacial score (nSPS) is 16.8. The van der Waals surface area contributed by atoms with Crippen molar-refractivity contribution < 1.29 is 37.0 Å². The lowest BCUT2D eigenvalue weighted by Crippen LogP contribution is -2.40. The predicted molar refractivity (Wildman–Crippen MR) is 119 cm³/mol. The zero-order chi connectivity index (χ0) is 24.9. The molecule has 6 nitrogen and oxygen atoms in total. The second-order valence-corrected chi connectivity index (χ2v) is 8.49. The Balaban J connectivity index is 1.55. The van der Waals surface area contributed by atoms with E-state index in [1.54, 1.807) is 24.3 Å². The van der Waals surface area contributed by atoms with Crippen LogP contribution in [0.15, 0.2) is 36.4 Å². The van der Waals surface area contributed by atoms with Gasteiger partial charge in [0.2, 0.25) is 0 Å². The molecule has 0 N–H and O–H groups in total. The maximum atomic E-state index is 12.2. The Bertz CT molecular complexity index is 1030. The summed E-state index contributed by atoms with van der Waals surface area (Å²) in [7, 11) is 0. The molecule has 34 heavy (non-hydrogen) atoms. The van der Waals surface area contributed by atoms with E-state index in [2.05, 4.69) is 4.74 Å². The lowest BCUT2D eigenvalue weighted by Gasteiger charge is -2.33. The van der Waals surface area contributed by atoms with Gasteiger partial charge in [-0.15, -0.1) is 0 Å². The lowest BCUT2D eigenvalue weighted by atomic mass is 10.0. The maximum absolute atomic E-state index is 12.2. The van der Waals surface area contributed by atoms with Crippen LogP contribution in [-0.2, 0) is 25.7 Å². The summed E-state index contributed by atoms with van der Waals surface area (Å²) in [6, 6.07) is 10.8. The van der Waals surface area contributed by atoms with E-state index in [1.807, 2.05) is 24.0 Å². The number of rotatable bonds is 7. The van der Waals surface area contributed by atoms with Crippen LogP contribution in [0.1, 0.15) is 29.2 Å². The van der Waals surface area contributed by atoms with E-state index < -0.39 is 18.1 Å². The van der Waals surface area contributed by atoms with Crippen LogP contribution in [0.3, 0.4) is 0 Å². The molecule has 0 aromatic heterocycles. The Labute approximate surface area is 204 Å². The molecule has 1 unspecified atom stereocenters. The molecule has 0 bridgehead atoms. The van der Waals surface area contributed by atoms with Gasteiger partial charge in [-0.05, 0) is 42.3 Å². The van der Waals surface area contributed by atoms with Crippen molar-refractivity contribution in [1.29, 1.82) is 0 Å². The van der Waals surface area contributed by atoms with Gasteiger partial charge < -0.3 is 14.2 Å². The molecule has 1 fully saturated rings. The van der Waals surface area contributed by atoms with Crippen molar-refractivity contribution in [3.63, 3.8) is 0 Å². The summed E-state index contributed by atoms with van der Waals surface area (Å²) in [5.74, 6) is -3.10. The fourth-order valence-electron chi connectivity index (χ4n) is 3.48. The molecule has 0 radical (unpaired) electrons. The number of morpholine rings is 1. The van der Waals surface area contributed by atoms with Gasteiger partial charge in [0.05, 0.1) is 19.1 Å². The zero-order valence-corrected chi connectivity index (χ0v) is 19.7. The van der Waals surface area contributed by atoms with Crippen LogP contribution in [0.25, 0.3) is 0 Å². The molecule has 184 valence electrons. The van der Waals surface area contributed by atoms with Crippen molar-refractivity contribution in [1.82, 2.24) is 4.90 Å². The highest BCUT2D eigenvalue weighted by molar-refractivity contribution is 6.35. The minimum atomic E-state index is -5.20. The van der Waals surface area contributed by atoms with Crippen molar-refractivity contribution in [2.75, 3.05) is 26.2 Å². The van der Waals surface area contributed by atoms with Crippen molar-refractivity contribution in [2.24, 2.45) is 0 Å². The first-order chi connectivity index (χ1) is 16.0. The number of ether oxygens (including phenoxy) is 3. The van der Waals surface area contributed by atoms with E-state index in [4.69, 9.17) is 32.7 Å². The summed E-state index contributed by atoms with van der Waals surface area (Å²) < 4.78 is 52.1. The smallest absolute Gasteiger partial charge is 0.489 e. The number of hydrogen-bond donors (Lipinski definition) is 0. The highest BCUT2D eigenvalue weighted by Crippen LogP contribution is 2.30. The molecule has 2 aromatic carbocycles. The van der Waals surface area contributed by atoms with Gasteiger partial charge in [0.25, 0.3) is 0 Å². The van der Waals surface area contributed by atoms with Crippen LogP contribution in [0.5, 0.6) is 5.75 Å². The van der Waals surface area contributed by atoms with Gasteiger partial charge in [0.15, 0.2) is 0 Å². The Morgan fingerprint density at radius 1 is 1.18 bits per heavy atom. The van der Waals surface area contributed by atoms with E-state index in [0.717, 1.165) is 11.1 Å². The van der Waals surface area contributed by atoms with Gasteiger partial charge >= 0.3 is 18.1 Å². The van der Waals surface area contributed by atoms with Crippen molar-refractivity contribution >= 4 is 35.1 Å². The molecule has 2 aromatic rings. The highest BCUT2D eigenvalue weighted by Gasteiger charge is 2.42. The number of benzene rings is 2. The first-order valence-electron chi connectivity index (χ1n) is 10.4. The Morgan fingerprint density at radius 2 is 1.88 bits per heavy atom. The first kappa shape index (κ1) is 26.3. The van der Waals surface area contributed by atoms with Crippen LogP contribution in [0, 0.1) is 6.92 Å². The molecule has 0 amide bonds. The minimum absolute atomic E-state index is 0.142. The van der Waals surface area contributed by atoms with E-state index in [9.17, 15) is 22.8 Å². The van der Waals surface area contributed by atoms with Gasteiger partial charge in [-0.25, -0.2) is 4.79 Å². The molecule has 1 aliphatic rings. The monoisotopic (exact) mass is 519 g/mol. The fourth-order valence-corrected chi connectivity index (χ4v) is 3.99. The van der Waals surface area contributed by atoms with Crippen LogP contribution in [0.4, 0.5) is 13.2 Å². The lowest BCUT2D eigenvalue weighted by molar-refractivity contribution is -0.202. The molecule has 11 heteroatoms. The molecule has 1 saturated heterocycles. The Morgan fingerprint density at radius 3 is 2.53 bits per heavy atom. The average molecular weight is 520 g/mol. The number of carbonyl (C=O) groups is 2. The summed E-state index contributed by atoms with van der Waals surface area (Å²) in [5.41, 5.74) is 2.53. The molecular weight excluding hydrogens is 498 g/mol. The molecule has 1 heterocycles. The number of esters is 2. The van der Waals surface area contributed by atoms with Gasteiger partial charge in [0, 0.05) is 35.2 Å². The molecule has 1 aliphatic heterocycles. The topological polar surface area (TPSA) is 65.1 Å². The molecule has 0 spiro atoms. The van der Waals surface area contributed by atoms with Crippen LogP contribution >= 0.6 is 23.2 Å². The van der Waals surface area contributed by atoms with Gasteiger partial charge in [-0.2, -0.15) is 13.2 Å². The third-order valence-corrected chi connectivity index (χ3v) is 5.96. The molecular formula is C23H22Cl2F3NO5. The van der Waals surface area contributed by atoms with Crippen LogP contribution in [-0.4, -0.2) is 49.3 Å². The number of aryl methyl sites for hydroxylation is 1. The second-order valence-electron chi connectivity index (χ2n) is 7.68. The van der Waals surface area contributed by atoms with Crippen molar-refractivity contribution in [3.05, 3.63) is 63.1 Å². The van der Waals surface area contributed by atoms with Crippen LogP contribution < -0.4 is 4.74 Å². The number of hydrogen-bond acceptors (Lipinski definition) is 6. The first-order valence-corrected chi connectivity index (χ1v) is 11.1. The van der Waals surface area contributed by atoms with Crippen molar-refractivity contribution in [2.45, 2.75) is 32.2 Å². The predicted octanol–water partition coefficient (Wildman–Crippen LogP) is 5.28. The minimum Gasteiger partial charge on any atom is -0.489 e. The summed E-state index contributed by atoms with van der Waals surface area (Å²) in [6.45, 7) is 3.56. The molecule has 0 saturated carbocycles. The van der Waals surface area contributed by atoms with Gasteiger partial charge in [-0.3, -0.25) is 9.69 Å². The second kappa shape index (κ2) is 11.4. The van der Waals surface area contributed by atoms with Gasteiger partial charge in [0.1, 0.15) is 12.4 Å². The van der Waals surface area contributed by atoms with E-state index in [1.165, 1.54) is 0 Å². The van der Waals surface area contributed by atoms with Gasteiger partial charge in [-0.1, -0.05) is 35.3 Å². The number of halogens is 5. The Kier molecular flexibility index (Phi) is 8.81. The highest BCUT2D eigenvalue weighted by atomic mass is 35.5. The van der Waals surface area contributed by atoms with E-state index >= 15 is 0 Å². The Hall–Kier alpha value is -2.33. The summed E-state index contributed by atoms with van der Waals surface area (Å²) in [4.78, 5) is 24.2. The number of nitrogens with zero attached hydrogens (tertiary/aromatic N) is 1. The summed E-state index contributed by atoms with van der Waals surface area (Å²) in [6.07, 6.45) is -5.84. The third kappa shape index (κ3) is 7.09. The summed E-state index contributed by atoms with van der Waals surface area (Å²) in [5, 5.41) is 1.03. The quantitative estimate of drug-likeness (QED) is 0.366. The average Bonchev–Trinajstić information content (AvgIpc) is 2.77. The largest absolute Gasteiger partial charge is 0.491 e. The van der Waals surface area contributed by atoms with Crippen LogP contribution in [0.2, 0.25) is 10.0 Å². The molecule has 1 atom stereocenters. The third-order valence-electron chi connectivity index (χ3n) is 5.25.